The summed E-state index contributed by atoms with van der Waals surface area (Å²) in [6, 6.07) is 5.53. The van der Waals surface area contributed by atoms with E-state index in [1.54, 1.807) is 30.7 Å². The number of amides is 1. The number of H-pyrrole nitrogens is 1. The van der Waals surface area contributed by atoms with E-state index in [1.807, 2.05) is 12.1 Å². The fourth-order valence-electron chi connectivity index (χ4n) is 2.17. The third kappa shape index (κ3) is 3.79. The van der Waals surface area contributed by atoms with E-state index >= 15 is 0 Å². The minimum absolute atomic E-state index is 0.299. The van der Waals surface area contributed by atoms with E-state index in [0.717, 1.165) is 5.56 Å². The topological polar surface area (TPSA) is 131 Å². The van der Waals surface area contributed by atoms with Crippen molar-refractivity contribution in [2.24, 2.45) is 5.73 Å². The molecule has 1 amide bonds. The number of primary amides is 1. The van der Waals surface area contributed by atoms with Crippen molar-refractivity contribution in [3.63, 3.8) is 0 Å². The van der Waals surface area contributed by atoms with E-state index in [9.17, 15) is 4.79 Å². The average Bonchev–Trinajstić information content (AvgIpc) is 3.03. The summed E-state index contributed by atoms with van der Waals surface area (Å²) in [5, 5.41) is 8.50. The largest absolute Gasteiger partial charge is 0.477 e. The third-order valence-corrected chi connectivity index (χ3v) is 3.33. The lowest BCUT2D eigenvalue weighted by Gasteiger charge is -2.04. The number of pyridine rings is 1. The van der Waals surface area contributed by atoms with Crippen LogP contribution >= 0.6 is 0 Å². The van der Waals surface area contributed by atoms with E-state index in [0.29, 0.717) is 41.3 Å². The lowest BCUT2D eigenvalue weighted by molar-refractivity contribution is -0.113. The van der Waals surface area contributed by atoms with Gasteiger partial charge in [0.05, 0.1) is 24.4 Å². The van der Waals surface area contributed by atoms with Crippen molar-refractivity contribution in [1.29, 1.82) is 5.26 Å². The molecule has 3 N–H and O–H groups in total. The molecular formula is C17H14N6O2. The normalized spacial score (nSPS) is 10.8. The van der Waals surface area contributed by atoms with Crippen LogP contribution < -0.4 is 10.5 Å². The van der Waals surface area contributed by atoms with Gasteiger partial charge in [-0.1, -0.05) is 0 Å². The van der Waals surface area contributed by atoms with Crippen LogP contribution in [0.15, 0.2) is 36.8 Å². The van der Waals surface area contributed by atoms with Gasteiger partial charge in [0.1, 0.15) is 12.1 Å². The number of nitriles is 1. The Hall–Kier alpha value is -3.73. The molecular weight excluding hydrogens is 320 g/mol. The Balaban J connectivity index is 1.87. The van der Waals surface area contributed by atoms with Gasteiger partial charge >= 0.3 is 0 Å². The lowest BCUT2D eigenvalue weighted by atomic mass is 10.2. The molecule has 8 heteroatoms. The molecule has 25 heavy (non-hydrogen) atoms. The minimum Gasteiger partial charge on any atom is -0.477 e. The van der Waals surface area contributed by atoms with Crippen molar-refractivity contribution >= 4 is 23.1 Å². The molecule has 0 atom stereocenters. The van der Waals surface area contributed by atoms with Crippen molar-refractivity contribution < 1.29 is 9.53 Å². The number of hydrogen-bond acceptors (Lipinski definition) is 6. The Kier molecular flexibility index (Phi) is 4.67. The Labute approximate surface area is 143 Å². The zero-order chi connectivity index (χ0) is 17.6. The summed E-state index contributed by atoms with van der Waals surface area (Å²) >= 11 is 0. The predicted molar refractivity (Wildman–Crippen MR) is 91.1 cm³/mol. The molecule has 0 radical (unpaired) electrons. The Morgan fingerprint density at radius 1 is 1.36 bits per heavy atom. The number of aromatic amines is 1. The molecule has 0 saturated carbocycles. The first-order valence-corrected chi connectivity index (χ1v) is 7.45. The van der Waals surface area contributed by atoms with E-state index in [2.05, 4.69) is 19.9 Å². The van der Waals surface area contributed by atoms with Gasteiger partial charge in [0.2, 0.25) is 11.8 Å². The first-order chi connectivity index (χ1) is 12.2. The first-order valence-electron chi connectivity index (χ1n) is 7.45. The molecule has 0 unspecified atom stereocenters. The molecule has 0 saturated heterocycles. The fourth-order valence-corrected chi connectivity index (χ4v) is 2.17. The Morgan fingerprint density at radius 3 is 2.96 bits per heavy atom. The molecule has 3 rings (SSSR count). The fraction of sp³-hybridized carbons (Fsp3) is 0.118. The van der Waals surface area contributed by atoms with Gasteiger partial charge in [-0.15, -0.1) is 0 Å². The number of nitrogens with two attached hydrogens (primary N) is 1. The summed E-state index contributed by atoms with van der Waals surface area (Å²) in [4.78, 5) is 27.0. The molecule has 3 heterocycles. The van der Waals surface area contributed by atoms with Crippen molar-refractivity contribution in [2.45, 2.75) is 6.42 Å². The summed E-state index contributed by atoms with van der Waals surface area (Å²) in [6.45, 7) is 0.299. The molecule has 0 fully saturated rings. The zero-order valence-corrected chi connectivity index (χ0v) is 13.1. The second kappa shape index (κ2) is 7.23. The van der Waals surface area contributed by atoms with Crippen LogP contribution in [-0.4, -0.2) is 32.4 Å². The van der Waals surface area contributed by atoms with Gasteiger partial charge in [0, 0.05) is 35.7 Å². The van der Waals surface area contributed by atoms with E-state index in [4.69, 9.17) is 15.7 Å². The Morgan fingerprint density at radius 2 is 2.24 bits per heavy atom. The molecule has 0 bridgehead atoms. The van der Waals surface area contributed by atoms with Crippen LogP contribution in [0.1, 0.15) is 12.0 Å². The lowest BCUT2D eigenvalue weighted by Crippen LogP contribution is -2.05. The quantitative estimate of drug-likeness (QED) is 0.522. The number of fused-ring (bicyclic) bond motifs is 1. The smallest absolute Gasteiger partial charge is 0.241 e. The van der Waals surface area contributed by atoms with Crippen molar-refractivity contribution in [3.05, 3.63) is 42.4 Å². The molecule has 0 aliphatic rings. The highest BCUT2D eigenvalue weighted by molar-refractivity contribution is 5.93. The molecule has 0 aliphatic carbocycles. The van der Waals surface area contributed by atoms with Crippen LogP contribution in [0.25, 0.3) is 28.5 Å². The molecule has 124 valence electrons. The van der Waals surface area contributed by atoms with E-state index in [1.165, 1.54) is 6.08 Å². The van der Waals surface area contributed by atoms with E-state index in [-0.39, 0.29) is 0 Å². The van der Waals surface area contributed by atoms with Crippen LogP contribution in [0.5, 0.6) is 5.88 Å². The number of aromatic nitrogens is 4. The van der Waals surface area contributed by atoms with Crippen molar-refractivity contribution in [3.8, 4) is 23.2 Å². The summed E-state index contributed by atoms with van der Waals surface area (Å²) in [5.41, 5.74) is 8.48. The van der Waals surface area contributed by atoms with Crippen LogP contribution in [0.3, 0.4) is 0 Å². The highest BCUT2D eigenvalue weighted by Gasteiger charge is 2.08. The van der Waals surface area contributed by atoms with Gasteiger partial charge < -0.3 is 15.5 Å². The number of carbonyl (C=O) groups is 1. The molecule has 3 aromatic rings. The number of hydrogen-bond donors (Lipinski definition) is 2. The minimum atomic E-state index is -0.533. The molecule has 8 nitrogen and oxygen atoms in total. The summed E-state index contributed by atoms with van der Waals surface area (Å²) < 4.78 is 5.34. The monoisotopic (exact) mass is 334 g/mol. The van der Waals surface area contributed by atoms with Gasteiger partial charge in [-0.3, -0.25) is 4.79 Å². The highest BCUT2D eigenvalue weighted by atomic mass is 16.5. The summed E-state index contributed by atoms with van der Waals surface area (Å²) in [7, 11) is 0. The molecule has 3 aromatic heterocycles. The molecule has 0 aromatic carbocycles. The second-order valence-electron chi connectivity index (χ2n) is 5.07. The second-order valence-corrected chi connectivity index (χ2v) is 5.07. The number of nitrogens with zero attached hydrogens (tertiary/aromatic N) is 4. The predicted octanol–water partition coefficient (Wildman–Crippen LogP) is 1.81. The van der Waals surface area contributed by atoms with Gasteiger partial charge in [-0.05, 0) is 12.1 Å². The molecule has 0 aliphatic heterocycles. The molecule has 0 spiro atoms. The van der Waals surface area contributed by atoms with Gasteiger partial charge in [0.15, 0.2) is 5.65 Å². The number of rotatable bonds is 6. The van der Waals surface area contributed by atoms with Crippen molar-refractivity contribution in [1.82, 2.24) is 19.9 Å². The maximum Gasteiger partial charge on any atom is 0.241 e. The maximum absolute atomic E-state index is 10.9. The van der Waals surface area contributed by atoms with Crippen LogP contribution in [0.4, 0.5) is 0 Å². The number of nitrogens with one attached hydrogen (secondary N) is 1. The maximum atomic E-state index is 10.9. The SMILES string of the molecule is N#CCCOc1ccc(-c2cnc3[nH]cc(C=CC(N)=O)c3n2)cn1. The third-order valence-electron chi connectivity index (χ3n) is 3.33. The van der Waals surface area contributed by atoms with E-state index < -0.39 is 5.91 Å². The number of carbonyl (C=O) groups excluding carboxylic acids is 1. The first kappa shape index (κ1) is 16.1. The highest BCUT2D eigenvalue weighted by Crippen LogP contribution is 2.22. The Bertz CT molecular complexity index is 969. The van der Waals surface area contributed by atoms with Crippen molar-refractivity contribution in [2.75, 3.05) is 6.61 Å². The summed E-state index contributed by atoms with van der Waals surface area (Å²) in [5.74, 6) is -0.0885. The standard InChI is InChI=1S/C17H14N6O2/c18-6-1-7-25-15-5-3-11(8-20-15)13-10-22-17-16(23-13)12(9-21-17)2-4-14(19)24/h2-5,8-10H,1,7H2,(H2,19,24)(H,21,22). The van der Waals surface area contributed by atoms with Crippen LogP contribution in [0, 0.1) is 11.3 Å². The zero-order valence-electron chi connectivity index (χ0n) is 13.1. The van der Waals surface area contributed by atoms with Gasteiger partial charge in [0.25, 0.3) is 0 Å². The van der Waals surface area contributed by atoms with Crippen LogP contribution in [-0.2, 0) is 4.79 Å². The summed E-state index contributed by atoms with van der Waals surface area (Å²) in [6.07, 6.45) is 8.13. The number of ether oxygens (including phenoxy) is 1. The van der Waals surface area contributed by atoms with Crippen LogP contribution in [0.2, 0.25) is 0 Å². The average molecular weight is 334 g/mol. The van der Waals surface area contributed by atoms with Gasteiger partial charge in [-0.25, -0.2) is 15.0 Å². The van der Waals surface area contributed by atoms with Gasteiger partial charge in [-0.2, -0.15) is 5.26 Å².